The summed E-state index contributed by atoms with van der Waals surface area (Å²) in [5.41, 5.74) is 4.95. The maximum absolute atomic E-state index is 12.5. The SMILES string of the molecule is COC(=O)Cc1c(C)ccn(NCc2cccc(OC)c2)c1=O. The summed E-state index contributed by atoms with van der Waals surface area (Å²) in [6.07, 6.45) is 1.61. The molecule has 6 nitrogen and oxygen atoms in total. The second kappa shape index (κ2) is 7.49. The molecule has 0 saturated heterocycles. The molecule has 0 amide bonds. The first kappa shape index (κ1) is 16.6. The molecular weight excluding hydrogens is 296 g/mol. The van der Waals surface area contributed by atoms with Crippen molar-refractivity contribution in [2.75, 3.05) is 19.6 Å². The number of aromatic nitrogens is 1. The van der Waals surface area contributed by atoms with E-state index in [2.05, 4.69) is 10.2 Å². The van der Waals surface area contributed by atoms with Crippen LogP contribution in [0.1, 0.15) is 16.7 Å². The van der Waals surface area contributed by atoms with Crippen molar-refractivity contribution >= 4 is 5.97 Å². The van der Waals surface area contributed by atoms with Crippen LogP contribution in [0.4, 0.5) is 0 Å². The summed E-state index contributed by atoms with van der Waals surface area (Å²) >= 11 is 0. The van der Waals surface area contributed by atoms with Gasteiger partial charge in [0, 0.05) is 11.8 Å². The van der Waals surface area contributed by atoms with Crippen LogP contribution in [0, 0.1) is 6.92 Å². The standard InChI is InChI=1S/C17H20N2O4/c1-12-7-8-19(17(21)15(12)10-16(20)23-3)18-11-13-5-4-6-14(9-13)22-2/h4-9,18H,10-11H2,1-3H3. The smallest absolute Gasteiger partial charge is 0.310 e. The van der Waals surface area contributed by atoms with Gasteiger partial charge in [0.1, 0.15) is 5.75 Å². The molecule has 0 spiro atoms. The van der Waals surface area contributed by atoms with Crippen LogP contribution >= 0.6 is 0 Å². The maximum atomic E-state index is 12.5. The first-order chi connectivity index (χ1) is 11.0. The third-order valence-corrected chi connectivity index (χ3v) is 3.56. The van der Waals surface area contributed by atoms with Gasteiger partial charge in [-0.25, -0.2) is 4.68 Å². The zero-order valence-corrected chi connectivity index (χ0v) is 13.5. The number of carbonyl (C=O) groups excluding carboxylic acids is 1. The molecular formula is C17H20N2O4. The summed E-state index contributed by atoms with van der Waals surface area (Å²) in [4.78, 5) is 23.9. The van der Waals surface area contributed by atoms with Crippen LogP contribution in [0.25, 0.3) is 0 Å². The van der Waals surface area contributed by atoms with E-state index in [-0.39, 0.29) is 12.0 Å². The fourth-order valence-corrected chi connectivity index (χ4v) is 2.18. The van der Waals surface area contributed by atoms with E-state index in [0.29, 0.717) is 12.1 Å². The van der Waals surface area contributed by atoms with Gasteiger partial charge in [-0.1, -0.05) is 12.1 Å². The van der Waals surface area contributed by atoms with E-state index in [9.17, 15) is 9.59 Å². The Morgan fingerprint density at radius 2 is 2.04 bits per heavy atom. The van der Waals surface area contributed by atoms with Gasteiger partial charge in [0.15, 0.2) is 0 Å². The van der Waals surface area contributed by atoms with Gasteiger partial charge in [0.25, 0.3) is 5.56 Å². The molecule has 0 radical (unpaired) electrons. The van der Waals surface area contributed by atoms with E-state index in [0.717, 1.165) is 16.9 Å². The summed E-state index contributed by atoms with van der Waals surface area (Å²) in [7, 11) is 2.91. The lowest BCUT2D eigenvalue weighted by molar-refractivity contribution is -0.139. The van der Waals surface area contributed by atoms with Crippen LogP contribution in [-0.2, 0) is 22.5 Å². The Hall–Kier alpha value is -2.76. The largest absolute Gasteiger partial charge is 0.497 e. The Balaban J connectivity index is 2.18. The number of carbonyl (C=O) groups is 1. The predicted molar refractivity (Wildman–Crippen MR) is 87.2 cm³/mol. The Bertz CT molecular complexity index is 752. The Morgan fingerprint density at radius 3 is 2.74 bits per heavy atom. The minimum absolute atomic E-state index is 0.0388. The lowest BCUT2D eigenvalue weighted by atomic mass is 10.1. The van der Waals surface area contributed by atoms with Gasteiger partial charge >= 0.3 is 5.97 Å². The number of methoxy groups -OCH3 is 2. The van der Waals surface area contributed by atoms with Crippen molar-refractivity contribution in [3.05, 3.63) is 63.6 Å². The number of nitrogens with one attached hydrogen (secondary N) is 1. The average Bonchev–Trinajstić information content (AvgIpc) is 2.57. The van der Waals surface area contributed by atoms with Crippen molar-refractivity contribution in [3.8, 4) is 5.75 Å². The van der Waals surface area contributed by atoms with Gasteiger partial charge in [-0.15, -0.1) is 0 Å². The minimum Gasteiger partial charge on any atom is -0.497 e. The molecule has 0 aliphatic heterocycles. The first-order valence-corrected chi connectivity index (χ1v) is 7.20. The van der Waals surface area contributed by atoms with Crippen LogP contribution in [0.15, 0.2) is 41.3 Å². The fourth-order valence-electron chi connectivity index (χ4n) is 2.18. The molecule has 122 valence electrons. The Kier molecular flexibility index (Phi) is 5.41. The van der Waals surface area contributed by atoms with Gasteiger partial charge in [0.05, 0.1) is 27.2 Å². The Morgan fingerprint density at radius 1 is 1.26 bits per heavy atom. The Labute approximate surface area is 134 Å². The number of pyridine rings is 1. The average molecular weight is 316 g/mol. The van der Waals surface area contributed by atoms with Crippen molar-refractivity contribution < 1.29 is 14.3 Å². The van der Waals surface area contributed by atoms with E-state index >= 15 is 0 Å². The lowest BCUT2D eigenvalue weighted by Gasteiger charge is -2.13. The number of aryl methyl sites for hydroxylation is 1. The molecule has 2 rings (SSSR count). The van der Waals surface area contributed by atoms with Crippen LogP contribution in [0.3, 0.4) is 0 Å². The highest BCUT2D eigenvalue weighted by Crippen LogP contribution is 2.12. The highest BCUT2D eigenvalue weighted by molar-refractivity contribution is 5.72. The lowest BCUT2D eigenvalue weighted by Crippen LogP contribution is -2.32. The van der Waals surface area contributed by atoms with Crippen molar-refractivity contribution in [1.29, 1.82) is 0 Å². The predicted octanol–water partition coefficient (Wildman–Crippen LogP) is 1.62. The van der Waals surface area contributed by atoms with Crippen LogP contribution < -0.4 is 15.7 Å². The monoisotopic (exact) mass is 316 g/mol. The summed E-state index contributed by atoms with van der Waals surface area (Å²) in [5, 5.41) is 0. The molecule has 1 heterocycles. The van der Waals surface area contributed by atoms with Gasteiger partial charge in [-0.2, -0.15) is 0 Å². The third kappa shape index (κ3) is 4.12. The quantitative estimate of drug-likeness (QED) is 0.820. The van der Waals surface area contributed by atoms with Gasteiger partial charge in [0.2, 0.25) is 0 Å². The first-order valence-electron chi connectivity index (χ1n) is 7.20. The van der Waals surface area contributed by atoms with Crippen molar-refractivity contribution in [2.24, 2.45) is 0 Å². The number of esters is 1. The van der Waals surface area contributed by atoms with E-state index in [1.807, 2.05) is 24.3 Å². The van der Waals surface area contributed by atoms with Gasteiger partial charge in [-0.3, -0.25) is 9.59 Å². The zero-order chi connectivity index (χ0) is 16.8. The highest BCUT2D eigenvalue weighted by atomic mass is 16.5. The highest BCUT2D eigenvalue weighted by Gasteiger charge is 2.12. The molecule has 0 unspecified atom stereocenters. The summed E-state index contributed by atoms with van der Waals surface area (Å²) in [5.74, 6) is 0.322. The van der Waals surface area contributed by atoms with Crippen molar-refractivity contribution in [3.63, 3.8) is 0 Å². The molecule has 0 fully saturated rings. The minimum atomic E-state index is -0.434. The van der Waals surface area contributed by atoms with Gasteiger partial charge < -0.3 is 14.9 Å². The molecule has 0 atom stereocenters. The van der Waals surface area contributed by atoms with Crippen LogP contribution in [0.5, 0.6) is 5.75 Å². The topological polar surface area (TPSA) is 69.6 Å². The van der Waals surface area contributed by atoms with Crippen LogP contribution in [-0.4, -0.2) is 24.9 Å². The van der Waals surface area contributed by atoms with E-state index in [1.54, 1.807) is 26.3 Å². The molecule has 0 bridgehead atoms. The van der Waals surface area contributed by atoms with E-state index in [4.69, 9.17) is 4.74 Å². The fraction of sp³-hybridized carbons (Fsp3) is 0.294. The van der Waals surface area contributed by atoms with E-state index < -0.39 is 5.97 Å². The van der Waals surface area contributed by atoms with Gasteiger partial charge in [-0.05, 0) is 36.2 Å². The molecule has 0 saturated carbocycles. The summed E-state index contributed by atoms with van der Waals surface area (Å²) in [6, 6.07) is 9.36. The molecule has 0 aliphatic rings. The normalized spacial score (nSPS) is 10.2. The maximum Gasteiger partial charge on any atom is 0.310 e. The number of ether oxygens (including phenoxy) is 2. The van der Waals surface area contributed by atoms with Crippen molar-refractivity contribution in [2.45, 2.75) is 19.9 Å². The molecule has 1 aromatic carbocycles. The molecule has 23 heavy (non-hydrogen) atoms. The molecule has 0 aliphatic carbocycles. The number of hydrogen-bond donors (Lipinski definition) is 1. The van der Waals surface area contributed by atoms with Crippen molar-refractivity contribution in [1.82, 2.24) is 4.68 Å². The second-order valence-electron chi connectivity index (χ2n) is 5.09. The van der Waals surface area contributed by atoms with Crippen LogP contribution in [0.2, 0.25) is 0 Å². The zero-order valence-electron chi connectivity index (χ0n) is 13.5. The number of rotatable bonds is 6. The van der Waals surface area contributed by atoms with E-state index in [1.165, 1.54) is 11.8 Å². The molecule has 1 N–H and O–H groups in total. The summed E-state index contributed by atoms with van der Waals surface area (Å²) in [6.45, 7) is 2.25. The molecule has 1 aromatic heterocycles. The third-order valence-electron chi connectivity index (χ3n) is 3.56. The molecule has 2 aromatic rings. The number of nitrogens with zero attached hydrogens (tertiary/aromatic N) is 1. The summed E-state index contributed by atoms with van der Waals surface area (Å²) < 4.78 is 11.2. The second-order valence-corrected chi connectivity index (χ2v) is 5.09. The number of hydrogen-bond acceptors (Lipinski definition) is 5. The molecule has 6 heteroatoms. The number of benzene rings is 1.